The maximum Gasteiger partial charge on any atom is 0.251 e. The highest BCUT2D eigenvalue weighted by atomic mass is 16.1. The minimum absolute atomic E-state index is 0.0142. The fourth-order valence-electron chi connectivity index (χ4n) is 3.55. The molecule has 3 heteroatoms. The molecule has 1 aliphatic carbocycles. The Kier molecular flexibility index (Phi) is 4.06. The predicted octanol–water partition coefficient (Wildman–Crippen LogP) is 4.47. The third-order valence-corrected chi connectivity index (χ3v) is 4.92. The molecule has 1 atom stereocenters. The van der Waals surface area contributed by atoms with Crippen molar-refractivity contribution in [2.75, 3.05) is 0 Å². The first kappa shape index (κ1) is 15.6. The van der Waals surface area contributed by atoms with Gasteiger partial charge in [0.25, 0.3) is 5.91 Å². The molecule has 0 aliphatic heterocycles. The summed E-state index contributed by atoms with van der Waals surface area (Å²) in [6.07, 6.45) is 5.65. The largest absolute Gasteiger partial charge is 0.345 e. The number of carbonyl (C=O) groups is 1. The van der Waals surface area contributed by atoms with Gasteiger partial charge in [-0.3, -0.25) is 9.78 Å². The molecule has 0 spiro atoms. The van der Waals surface area contributed by atoms with Crippen LogP contribution >= 0.6 is 0 Å². The van der Waals surface area contributed by atoms with Crippen LogP contribution in [-0.2, 0) is 6.42 Å². The van der Waals surface area contributed by atoms with Crippen LogP contribution in [0.1, 0.15) is 39.5 Å². The molecular formula is C22H20N2O. The monoisotopic (exact) mass is 328 g/mol. The van der Waals surface area contributed by atoms with Crippen LogP contribution in [-0.4, -0.2) is 10.9 Å². The molecule has 2 aromatic carbocycles. The Morgan fingerprint density at radius 2 is 1.88 bits per heavy atom. The Bertz CT molecular complexity index is 915. The molecule has 0 fully saturated rings. The molecule has 4 rings (SSSR count). The zero-order chi connectivity index (χ0) is 17.2. The molecule has 3 aromatic rings. The summed E-state index contributed by atoms with van der Waals surface area (Å²) in [6, 6.07) is 18.3. The van der Waals surface area contributed by atoms with E-state index in [1.807, 2.05) is 49.5 Å². The van der Waals surface area contributed by atoms with Crippen LogP contribution < -0.4 is 5.32 Å². The molecule has 0 bridgehead atoms. The van der Waals surface area contributed by atoms with E-state index in [0.29, 0.717) is 5.56 Å². The smallest absolute Gasteiger partial charge is 0.251 e. The second-order valence-electron chi connectivity index (χ2n) is 6.53. The number of carbonyl (C=O) groups excluding carboxylic acids is 1. The lowest BCUT2D eigenvalue weighted by Crippen LogP contribution is -2.27. The van der Waals surface area contributed by atoms with E-state index in [0.717, 1.165) is 29.5 Å². The van der Waals surface area contributed by atoms with Crippen molar-refractivity contribution in [3.05, 3.63) is 89.2 Å². The van der Waals surface area contributed by atoms with Crippen molar-refractivity contribution in [2.45, 2.75) is 25.8 Å². The average molecular weight is 328 g/mol. The summed E-state index contributed by atoms with van der Waals surface area (Å²) < 4.78 is 0. The highest BCUT2D eigenvalue weighted by Crippen LogP contribution is 2.31. The molecular weight excluding hydrogens is 308 g/mol. The molecule has 1 amide bonds. The number of benzene rings is 2. The molecule has 0 saturated carbocycles. The van der Waals surface area contributed by atoms with Gasteiger partial charge >= 0.3 is 0 Å². The van der Waals surface area contributed by atoms with Crippen molar-refractivity contribution in [2.24, 2.45) is 0 Å². The molecule has 1 aliphatic rings. The highest BCUT2D eigenvalue weighted by Gasteiger charge is 2.23. The van der Waals surface area contributed by atoms with Crippen molar-refractivity contribution in [3.63, 3.8) is 0 Å². The van der Waals surface area contributed by atoms with Gasteiger partial charge in [-0.2, -0.15) is 0 Å². The van der Waals surface area contributed by atoms with E-state index >= 15 is 0 Å². The zero-order valence-corrected chi connectivity index (χ0v) is 14.2. The van der Waals surface area contributed by atoms with Gasteiger partial charge in [0.1, 0.15) is 0 Å². The third-order valence-electron chi connectivity index (χ3n) is 4.92. The lowest BCUT2D eigenvalue weighted by molar-refractivity contribution is 0.0937. The second kappa shape index (κ2) is 6.52. The van der Waals surface area contributed by atoms with Crippen LogP contribution in [0.5, 0.6) is 0 Å². The first-order chi connectivity index (χ1) is 12.2. The number of nitrogens with zero attached hydrogens (tertiary/aromatic N) is 1. The first-order valence-corrected chi connectivity index (χ1v) is 8.62. The normalized spacial score (nSPS) is 15.6. The van der Waals surface area contributed by atoms with Gasteiger partial charge < -0.3 is 5.32 Å². The van der Waals surface area contributed by atoms with E-state index in [-0.39, 0.29) is 11.9 Å². The number of pyridine rings is 1. The minimum atomic E-state index is -0.0142. The Morgan fingerprint density at radius 3 is 2.68 bits per heavy atom. The molecule has 124 valence electrons. The Morgan fingerprint density at radius 1 is 1.08 bits per heavy atom. The summed E-state index contributed by atoms with van der Waals surface area (Å²) in [5.74, 6) is -0.0142. The topological polar surface area (TPSA) is 42.0 Å². The molecule has 1 aromatic heterocycles. The number of rotatable bonds is 3. The molecule has 25 heavy (non-hydrogen) atoms. The quantitative estimate of drug-likeness (QED) is 0.770. The van der Waals surface area contributed by atoms with Crippen molar-refractivity contribution in [3.8, 4) is 11.1 Å². The Labute approximate surface area is 147 Å². The van der Waals surface area contributed by atoms with Crippen LogP contribution in [0, 0.1) is 6.92 Å². The fourth-order valence-corrected chi connectivity index (χ4v) is 3.55. The van der Waals surface area contributed by atoms with Gasteiger partial charge in [-0.1, -0.05) is 36.4 Å². The van der Waals surface area contributed by atoms with E-state index in [1.165, 1.54) is 11.1 Å². The summed E-state index contributed by atoms with van der Waals surface area (Å²) in [7, 11) is 0. The number of fused-ring (bicyclic) bond motifs is 1. The number of amides is 1. The number of hydrogen-bond donors (Lipinski definition) is 1. The van der Waals surface area contributed by atoms with Crippen LogP contribution in [0.3, 0.4) is 0 Å². The van der Waals surface area contributed by atoms with Gasteiger partial charge in [-0.15, -0.1) is 0 Å². The summed E-state index contributed by atoms with van der Waals surface area (Å²) in [5.41, 5.74) is 6.66. The Balaban J connectivity index is 1.51. The van der Waals surface area contributed by atoms with Gasteiger partial charge in [0.2, 0.25) is 0 Å². The van der Waals surface area contributed by atoms with Crippen molar-refractivity contribution in [1.29, 1.82) is 0 Å². The standard InChI is InChI=1S/C22H20N2O/c1-15-14-23-13-12-19(15)17-6-8-18(9-7-17)22(25)24-21-11-10-16-4-2-3-5-20(16)21/h2-9,12-14,21H,10-11H2,1H3,(H,24,25). The molecule has 1 unspecified atom stereocenters. The maximum absolute atomic E-state index is 12.6. The number of nitrogens with one attached hydrogen (secondary N) is 1. The summed E-state index contributed by atoms with van der Waals surface area (Å²) in [5, 5.41) is 3.17. The number of aryl methyl sites for hydroxylation is 2. The SMILES string of the molecule is Cc1cnccc1-c1ccc(C(=O)NC2CCc3ccccc32)cc1. The average Bonchev–Trinajstić information content (AvgIpc) is 3.05. The van der Waals surface area contributed by atoms with E-state index in [2.05, 4.69) is 28.5 Å². The predicted molar refractivity (Wildman–Crippen MR) is 99.4 cm³/mol. The minimum Gasteiger partial charge on any atom is -0.345 e. The van der Waals surface area contributed by atoms with E-state index in [1.54, 1.807) is 6.20 Å². The number of aromatic nitrogens is 1. The summed E-state index contributed by atoms with van der Waals surface area (Å²) >= 11 is 0. The third kappa shape index (κ3) is 3.05. The van der Waals surface area contributed by atoms with Crippen LogP contribution in [0.2, 0.25) is 0 Å². The zero-order valence-electron chi connectivity index (χ0n) is 14.2. The van der Waals surface area contributed by atoms with Crippen LogP contribution in [0.15, 0.2) is 67.0 Å². The molecule has 3 nitrogen and oxygen atoms in total. The molecule has 1 N–H and O–H groups in total. The van der Waals surface area contributed by atoms with E-state index in [4.69, 9.17) is 0 Å². The second-order valence-corrected chi connectivity index (χ2v) is 6.53. The van der Waals surface area contributed by atoms with Crippen LogP contribution in [0.25, 0.3) is 11.1 Å². The molecule has 1 heterocycles. The maximum atomic E-state index is 12.6. The van der Waals surface area contributed by atoms with Crippen molar-refractivity contribution < 1.29 is 4.79 Å². The van der Waals surface area contributed by atoms with Crippen molar-refractivity contribution >= 4 is 5.91 Å². The fraction of sp³-hybridized carbons (Fsp3) is 0.182. The highest BCUT2D eigenvalue weighted by molar-refractivity contribution is 5.95. The summed E-state index contributed by atoms with van der Waals surface area (Å²) in [6.45, 7) is 2.04. The van der Waals surface area contributed by atoms with Gasteiger partial charge in [-0.05, 0) is 65.8 Å². The Hall–Kier alpha value is -2.94. The number of hydrogen-bond acceptors (Lipinski definition) is 2. The van der Waals surface area contributed by atoms with Gasteiger partial charge in [0, 0.05) is 18.0 Å². The molecule has 0 radical (unpaired) electrons. The molecule has 0 saturated heterocycles. The lowest BCUT2D eigenvalue weighted by Gasteiger charge is -2.14. The van der Waals surface area contributed by atoms with Crippen LogP contribution in [0.4, 0.5) is 0 Å². The summed E-state index contributed by atoms with van der Waals surface area (Å²) in [4.78, 5) is 16.7. The van der Waals surface area contributed by atoms with Crippen molar-refractivity contribution in [1.82, 2.24) is 10.3 Å². The van der Waals surface area contributed by atoms with Gasteiger partial charge in [-0.25, -0.2) is 0 Å². The van der Waals surface area contributed by atoms with Gasteiger partial charge in [0.05, 0.1) is 6.04 Å². The first-order valence-electron chi connectivity index (χ1n) is 8.62. The lowest BCUT2D eigenvalue weighted by atomic mass is 10.0. The van der Waals surface area contributed by atoms with E-state index < -0.39 is 0 Å². The van der Waals surface area contributed by atoms with E-state index in [9.17, 15) is 4.79 Å². The van der Waals surface area contributed by atoms with Gasteiger partial charge in [0.15, 0.2) is 0 Å².